The Morgan fingerprint density at radius 3 is 2.68 bits per heavy atom. The van der Waals surface area contributed by atoms with Gasteiger partial charge in [-0.3, -0.25) is 9.48 Å². The summed E-state index contributed by atoms with van der Waals surface area (Å²) in [6, 6.07) is 0. The van der Waals surface area contributed by atoms with Crippen molar-refractivity contribution in [2.45, 2.75) is 40.8 Å². The van der Waals surface area contributed by atoms with Crippen LogP contribution in [-0.2, 0) is 13.1 Å². The van der Waals surface area contributed by atoms with Gasteiger partial charge in [0.25, 0.3) is 5.89 Å². The molecule has 0 fully saturated rings. The lowest BCUT2D eigenvalue weighted by atomic mass is 10.2. The summed E-state index contributed by atoms with van der Waals surface area (Å²) >= 11 is 0. The fraction of sp³-hybridized carbons (Fsp3) is 0.462. The van der Waals surface area contributed by atoms with Crippen molar-refractivity contribution >= 4 is 5.91 Å². The molecule has 2 aromatic rings. The number of carbonyl (C=O) groups is 1. The van der Waals surface area contributed by atoms with Crippen molar-refractivity contribution < 1.29 is 9.21 Å². The molecule has 2 heterocycles. The molecule has 0 spiro atoms. The van der Waals surface area contributed by atoms with E-state index in [0.29, 0.717) is 12.3 Å². The largest absolute Gasteiger partial charge is 0.438 e. The van der Waals surface area contributed by atoms with Crippen LogP contribution in [0, 0.1) is 20.8 Å². The molecular weight excluding hydrogens is 244 g/mol. The monoisotopic (exact) mass is 262 g/mol. The highest BCUT2D eigenvalue weighted by Crippen LogP contribution is 2.13. The van der Waals surface area contributed by atoms with E-state index < -0.39 is 0 Å². The second kappa shape index (κ2) is 5.26. The lowest BCUT2D eigenvalue weighted by Gasteiger charge is -2.04. The molecular formula is C13H18N4O2. The van der Waals surface area contributed by atoms with Crippen molar-refractivity contribution in [3.8, 4) is 0 Å². The Kier molecular flexibility index (Phi) is 3.69. The van der Waals surface area contributed by atoms with Gasteiger partial charge in [-0.2, -0.15) is 5.10 Å². The van der Waals surface area contributed by atoms with Crippen molar-refractivity contribution in [2.24, 2.45) is 0 Å². The second-order valence-electron chi connectivity index (χ2n) is 4.42. The molecule has 19 heavy (non-hydrogen) atoms. The normalized spacial score (nSPS) is 10.7. The van der Waals surface area contributed by atoms with E-state index in [1.807, 2.05) is 25.5 Å². The van der Waals surface area contributed by atoms with Crippen LogP contribution in [0.3, 0.4) is 0 Å². The summed E-state index contributed by atoms with van der Waals surface area (Å²) in [6.45, 7) is 8.98. The van der Waals surface area contributed by atoms with Crippen LogP contribution in [0.15, 0.2) is 10.6 Å². The standard InChI is InChI=1S/C13H18N4O2/c1-5-17-10(4)11(9(3)16-17)7-14-12(18)13-15-6-8(2)19-13/h6H,5,7H2,1-4H3,(H,14,18). The average Bonchev–Trinajstić information content (AvgIpc) is 2.92. The maximum Gasteiger partial charge on any atom is 0.307 e. The van der Waals surface area contributed by atoms with Crippen molar-refractivity contribution in [3.05, 3.63) is 34.8 Å². The molecule has 6 heteroatoms. The first-order valence-electron chi connectivity index (χ1n) is 6.26. The van der Waals surface area contributed by atoms with Crippen LogP contribution in [-0.4, -0.2) is 20.7 Å². The highest BCUT2D eigenvalue weighted by Gasteiger charge is 2.15. The Labute approximate surface area is 111 Å². The van der Waals surface area contributed by atoms with Gasteiger partial charge in [0.1, 0.15) is 5.76 Å². The molecule has 2 rings (SSSR count). The fourth-order valence-electron chi connectivity index (χ4n) is 2.00. The van der Waals surface area contributed by atoms with E-state index in [0.717, 1.165) is 23.5 Å². The van der Waals surface area contributed by atoms with Crippen LogP contribution in [0.1, 0.15) is 40.3 Å². The van der Waals surface area contributed by atoms with Gasteiger partial charge < -0.3 is 9.73 Å². The van der Waals surface area contributed by atoms with Gasteiger partial charge in [-0.15, -0.1) is 0 Å². The van der Waals surface area contributed by atoms with E-state index in [4.69, 9.17) is 4.42 Å². The highest BCUT2D eigenvalue weighted by molar-refractivity contribution is 5.89. The molecule has 0 unspecified atom stereocenters. The third kappa shape index (κ3) is 2.67. The summed E-state index contributed by atoms with van der Waals surface area (Å²) in [7, 11) is 0. The maximum atomic E-state index is 11.8. The van der Waals surface area contributed by atoms with Crippen LogP contribution in [0.5, 0.6) is 0 Å². The number of nitrogens with zero attached hydrogens (tertiary/aromatic N) is 3. The first-order chi connectivity index (χ1) is 9.02. The molecule has 0 aliphatic rings. The lowest BCUT2D eigenvalue weighted by Crippen LogP contribution is -2.23. The molecule has 0 saturated heterocycles. The van der Waals surface area contributed by atoms with Gasteiger partial charge in [-0.1, -0.05) is 0 Å². The van der Waals surface area contributed by atoms with E-state index in [2.05, 4.69) is 15.4 Å². The van der Waals surface area contributed by atoms with Gasteiger partial charge in [0.05, 0.1) is 11.9 Å². The van der Waals surface area contributed by atoms with E-state index in [1.165, 1.54) is 6.20 Å². The first kappa shape index (κ1) is 13.3. The Morgan fingerprint density at radius 1 is 1.42 bits per heavy atom. The number of aryl methyl sites for hydroxylation is 3. The number of amides is 1. The molecule has 0 saturated carbocycles. The van der Waals surface area contributed by atoms with Crippen molar-refractivity contribution in [2.75, 3.05) is 0 Å². The van der Waals surface area contributed by atoms with Crippen LogP contribution >= 0.6 is 0 Å². The number of hydrogen-bond donors (Lipinski definition) is 1. The summed E-state index contributed by atoms with van der Waals surface area (Å²) in [5.74, 6) is 0.406. The zero-order valence-electron chi connectivity index (χ0n) is 11.6. The summed E-state index contributed by atoms with van der Waals surface area (Å²) in [5.41, 5.74) is 3.05. The summed E-state index contributed by atoms with van der Waals surface area (Å²) < 4.78 is 7.10. The number of aromatic nitrogens is 3. The molecule has 1 amide bonds. The van der Waals surface area contributed by atoms with Crippen LogP contribution in [0.25, 0.3) is 0 Å². The quantitative estimate of drug-likeness (QED) is 0.911. The molecule has 0 aromatic carbocycles. The van der Waals surface area contributed by atoms with E-state index in [1.54, 1.807) is 6.92 Å². The molecule has 0 radical (unpaired) electrons. The zero-order chi connectivity index (χ0) is 14.0. The predicted octanol–water partition coefficient (Wildman–Crippen LogP) is 1.75. The SMILES string of the molecule is CCn1nc(C)c(CNC(=O)c2ncc(C)o2)c1C. The fourth-order valence-corrected chi connectivity index (χ4v) is 2.00. The van der Waals surface area contributed by atoms with E-state index >= 15 is 0 Å². The molecule has 6 nitrogen and oxygen atoms in total. The minimum atomic E-state index is -0.309. The van der Waals surface area contributed by atoms with Crippen molar-refractivity contribution in [3.63, 3.8) is 0 Å². The lowest BCUT2D eigenvalue weighted by molar-refractivity contribution is 0.0915. The summed E-state index contributed by atoms with van der Waals surface area (Å²) in [4.78, 5) is 15.7. The van der Waals surface area contributed by atoms with Gasteiger partial charge in [0.15, 0.2) is 0 Å². The first-order valence-corrected chi connectivity index (χ1v) is 6.26. The number of carbonyl (C=O) groups excluding carboxylic acids is 1. The summed E-state index contributed by atoms with van der Waals surface area (Å²) in [5, 5.41) is 7.21. The Bertz CT molecular complexity index is 598. The Balaban J connectivity index is 2.07. The number of oxazole rings is 1. The minimum absolute atomic E-state index is 0.0932. The van der Waals surface area contributed by atoms with Crippen molar-refractivity contribution in [1.29, 1.82) is 0 Å². The smallest absolute Gasteiger partial charge is 0.307 e. The van der Waals surface area contributed by atoms with E-state index in [9.17, 15) is 4.79 Å². The Morgan fingerprint density at radius 2 is 2.16 bits per heavy atom. The van der Waals surface area contributed by atoms with Gasteiger partial charge >= 0.3 is 5.91 Å². The second-order valence-corrected chi connectivity index (χ2v) is 4.42. The third-order valence-electron chi connectivity index (χ3n) is 3.07. The molecule has 0 aliphatic heterocycles. The van der Waals surface area contributed by atoms with Crippen LogP contribution < -0.4 is 5.32 Å². The van der Waals surface area contributed by atoms with Gasteiger partial charge in [-0.25, -0.2) is 4.98 Å². The molecule has 0 bridgehead atoms. The van der Waals surface area contributed by atoms with Crippen molar-refractivity contribution in [1.82, 2.24) is 20.1 Å². The third-order valence-corrected chi connectivity index (χ3v) is 3.07. The topological polar surface area (TPSA) is 73.0 Å². The molecule has 102 valence electrons. The van der Waals surface area contributed by atoms with Gasteiger partial charge in [0, 0.05) is 24.3 Å². The number of hydrogen-bond acceptors (Lipinski definition) is 4. The van der Waals surface area contributed by atoms with Crippen LogP contribution in [0.2, 0.25) is 0 Å². The maximum absolute atomic E-state index is 11.8. The summed E-state index contributed by atoms with van der Waals surface area (Å²) in [6.07, 6.45) is 1.53. The van der Waals surface area contributed by atoms with Crippen LogP contribution in [0.4, 0.5) is 0 Å². The number of rotatable bonds is 4. The Hall–Kier alpha value is -2.11. The predicted molar refractivity (Wildman–Crippen MR) is 69.8 cm³/mol. The molecule has 1 N–H and O–H groups in total. The molecule has 2 aromatic heterocycles. The number of nitrogens with one attached hydrogen (secondary N) is 1. The van der Waals surface area contributed by atoms with Gasteiger partial charge in [-0.05, 0) is 27.7 Å². The highest BCUT2D eigenvalue weighted by atomic mass is 16.4. The van der Waals surface area contributed by atoms with Gasteiger partial charge in [0.2, 0.25) is 0 Å². The zero-order valence-corrected chi connectivity index (χ0v) is 11.6. The minimum Gasteiger partial charge on any atom is -0.438 e. The average molecular weight is 262 g/mol. The molecule has 0 aliphatic carbocycles. The molecule has 0 atom stereocenters. The van der Waals surface area contributed by atoms with E-state index in [-0.39, 0.29) is 11.8 Å².